The lowest BCUT2D eigenvalue weighted by atomic mass is 9.69. The van der Waals surface area contributed by atoms with Crippen molar-refractivity contribution in [3.8, 4) is 0 Å². The molecule has 1 saturated carbocycles. The largest absolute Gasteiger partial charge is 0.481 e. The van der Waals surface area contributed by atoms with E-state index in [9.17, 15) is 19.5 Å². The molecule has 2 aromatic rings. The summed E-state index contributed by atoms with van der Waals surface area (Å²) >= 11 is 0. The number of carboxylic acids is 1. The fraction of sp³-hybridized carbons (Fsp3) is 0.500. The number of hydrogen-bond acceptors (Lipinski definition) is 5. The van der Waals surface area contributed by atoms with Crippen molar-refractivity contribution >= 4 is 29.2 Å². The van der Waals surface area contributed by atoms with Crippen LogP contribution in [0.4, 0.5) is 11.4 Å². The lowest BCUT2D eigenvalue weighted by Gasteiger charge is -2.34. The molecule has 8 heteroatoms. The number of anilines is 2. The molecule has 2 aliphatic heterocycles. The number of amides is 2. The number of nitrogens with zero attached hydrogens (tertiary/aromatic N) is 3. The van der Waals surface area contributed by atoms with Crippen LogP contribution in [-0.2, 0) is 9.59 Å². The first-order valence-electron chi connectivity index (χ1n) is 13.6. The molecule has 2 saturated heterocycles. The van der Waals surface area contributed by atoms with Gasteiger partial charge in [0.1, 0.15) is 0 Å². The van der Waals surface area contributed by atoms with Crippen LogP contribution in [0.5, 0.6) is 0 Å². The Balaban J connectivity index is 1.32. The molecule has 0 bridgehead atoms. The van der Waals surface area contributed by atoms with Gasteiger partial charge >= 0.3 is 5.97 Å². The maximum atomic E-state index is 13.4. The van der Waals surface area contributed by atoms with Crippen LogP contribution in [0.1, 0.15) is 53.9 Å². The van der Waals surface area contributed by atoms with Gasteiger partial charge < -0.3 is 25.5 Å². The lowest BCUT2D eigenvalue weighted by Crippen LogP contribution is -2.37. The Bertz CT molecular complexity index is 1210. The van der Waals surface area contributed by atoms with Gasteiger partial charge in [0.05, 0.1) is 11.0 Å². The molecule has 0 spiro atoms. The van der Waals surface area contributed by atoms with E-state index in [1.165, 1.54) is 0 Å². The summed E-state index contributed by atoms with van der Waals surface area (Å²) in [6, 6.07) is 15.8. The molecule has 0 radical (unpaired) electrons. The van der Waals surface area contributed by atoms with Crippen LogP contribution in [0.15, 0.2) is 48.5 Å². The SMILES string of the molecule is CN(C)c1ccccc1C(=O)N1CC2CN(c3cccc(C(CC(N)=O)C4(C(=O)O)CCCC4)c3)CC2C1. The zero-order valence-electron chi connectivity index (χ0n) is 22.3. The van der Waals surface area contributed by atoms with Gasteiger partial charge in [-0.2, -0.15) is 0 Å². The van der Waals surface area contributed by atoms with E-state index in [1.807, 2.05) is 60.3 Å². The van der Waals surface area contributed by atoms with E-state index in [0.717, 1.165) is 61.5 Å². The first kappa shape index (κ1) is 26.1. The fourth-order valence-electron chi connectivity index (χ4n) is 7.07. The van der Waals surface area contributed by atoms with Gasteiger partial charge in [-0.05, 0) is 42.7 Å². The molecule has 1 aliphatic carbocycles. The number of nitrogens with two attached hydrogens (primary N) is 1. The van der Waals surface area contributed by atoms with E-state index in [4.69, 9.17) is 5.73 Å². The van der Waals surface area contributed by atoms with Gasteiger partial charge in [0.2, 0.25) is 5.91 Å². The number of likely N-dealkylation sites (tertiary alicyclic amines) is 1. The van der Waals surface area contributed by atoms with Gasteiger partial charge in [-0.15, -0.1) is 0 Å². The quantitative estimate of drug-likeness (QED) is 0.553. The molecule has 2 amide bonds. The average molecular weight is 519 g/mol. The van der Waals surface area contributed by atoms with Crippen LogP contribution in [0.25, 0.3) is 0 Å². The number of carbonyl (C=O) groups is 3. The summed E-state index contributed by atoms with van der Waals surface area (Å²) in [5.41, 5.74) is 8.25. The van der Waals surface area contributed by atoms with Crippen molar-refractivity contribution in [2.75, 3.05) is 50.1 Å². The summed E-state index contributed by atoms with van der Waals surface area (Å²) in [6.07, 6.45) is 2.88. The zero-order valence-corrected chi connectivity index (χ0v) is 22.3. The third-order valence-electron chi connectivity index (χ3n) is 9.02. The highest BCUT2D eigenvalue weighted by atomic mass is 16.4. The number of primary amides is 1. The molecule has 0 aromatic heterocycles. The highest BCUT2D eigenvalue weighted by Crippen LogP contribution is 2.51. The molecular formula is C30H38N4O4. The topological polar surface area (TPSA) is 107 Å². The molecule has 2 heterocycles. The molecule has 8 nitrogen and oxygen atoms in total. The van der Waals surface area contributed by atoms with E-state index < -0.39 is 23.2 Å². The van der Waals surface area contributed by atoms with E-state index >= 15 is 0 Å². The van der Waals surface area contributed by atoms with Gasteiger partial charge in [0, 0.05) is 75.8 Å². The first-order valence-corrected chi connectivity index (χ1v) is 13.6. The third kappa shape index (κ3) is 4.72. The molecule has 5 rings (SSSR count). The first-order chi connectivity index (χ1) is 18.2. The van der Waals surface area contributed by atoms with E-state index in [2.05, 4.69) is 17.0 Å². The van der Waals surface area contributed by atoms with Crippen molar-refractivity contribution < 1.29 is 19.5 Å². The van der Waals surface area contributed by atoms with Crippen molar-refractivity contribution in [3.05, 3.63) is 59.7 Å². The molecule has 3 unspecified atom stereocenters. The second-order valence-electron chi connectivity index (χ2n) is 11.5. The number of carboxylic acid groups (broad SMARTS) is 1. The highest BCUT2D eigenvalue weighted by molar-refractivity contribution is 6.00. The van der Waals surface area contributed by atoms with Crippen molar-refractivity contribution in [2.45, 2.75) is 38.0 Å². The Hall–Kier alpha value is -3.55. The van der Waals surface area contributed by atoms with Gasteiger partial charge in [0.15, 0.2) is 0 Å². The minimum absolute atomic E-state index is 0.0342. The van der Waals surface area contributed by atoms with E-state index in [-0.39, 0.29) is 12.3 Å². The standard InChI is InChI=1S/C30H38N4O4/c1-32(2)26-11-4-3-10-24(26)28(36)34-18-21-16-33(17-22(21)19-34)23-9-7-8-20(14-23)25(15-27(31)35)30(29(37)38)12-5-6-13-30/h3-4,7-11,14,21-22,25H,5-6,12-13,15-19H2,1-2H3,(H2,31,35)(H,37,38). The molecule has 38 heavy (non-hydrogen) atoms. The molecule has 2 aromatic carbocycles. The van der Waals surface area contributed by atoms with Gasteiger partial charge in [-0.1, -0.05) is 37.1 Å². The minimum atomic E-state index is -0.946. The van der Waals surface area contributed by atoms with E-state index in [0.29, 0.717) is 24.7 Å². The van der Waals surface area contributed by atoms with Crippen molar-refractivity contribution in [3.63, 3.8) is 0 Å². The monoisotopic (exact) mass is 518 g/mol. The number of aliphatic carboxylic acids is 1. The van der Waals surface area contributed by atoms with Crippen LogP contribution < -0.4 is 15.5 Å². The summed E-state index contributed by atoms with van der Waals surface area (Å²) in [5, 5.41) is 10.2. The predicted molar refractivity (Wildman–Crippen MR) is 147 cm³/mol. The van der Waals surface area contributed by atoms with Crippen LogP contribution in [0.2, 0.25) is 0 Å². The molecule has 202 valence electrons. The van der Waals surface area contributed by atoms with Crippen LogP contribution in [-0.4, -0.2) is 68.1 Å². The number of para-hydroxylation sites is 1. The Labute approximate surface area is 224 Å². The van der Waals surface area contributed by atoms with Crippen LogP contribution in [0, 0.1) is 17.3 Å². The highest BCUT2D eigenvalue weighted by Gasteiger charge is 2.49. The second kappa shape index (κ2) is 10.3. The van der Waals surface area contributed by atoms with Crippen molar-refractivity contribution in [2.24, 2.45) is 23.0 Å². The average Bonchev–Trinajstić information content (AvgIpc) is 3.63. The summed E-state index contributed by atoms with van der Waals surface area (Å²) in [5.74, 6) is -0.882. The van der Waals surface area contributed by atoms with Gasteiger partial charge in [-0.25, -0.2) is 0 Å². The smallest absolute Gasteiger partial charge is 0.310 e. The van der Waals surface area contributed by atoms with Crippen molar-refractivity contribution in [1.82, 2.24) is 4.90 Å². The van der Waals surface area contributed by atoms with E-state index in [1.54, 1.807) is 0 Å². The number of fused-ring (bicyclic) bond motifs is 1. The molecule has 3 fully saturated rings. The van der Waals surface area contributed by atoms with Gasteiger partial charge in [0.25, 0.3) is 5.91 Å². The third-order valence-corrected chi connectivity index (χ3v) is 9.02. The summed E-state index contributed by atoms with van der Waals surface area (Å²) in [4.78, 5) is 44.1. The molecule has 3 atom stereocenters. The number of carbonyl (C=O) groups excluding carboxylic acids is 2. The maximum Gasteiger partial charge on any atom is 0.310 e. The van der Waals surface area contributed by atoms with Crippen LogP contribution in [0.3, 0.4) is 0 Å². The summed E-state index contributed by atoms with van der Waals surface area (Å²) in [7, 11) is 3.91. The number of rotatable bonds is 8. The van der Waals surface area contributed by atoms with Gasteiger partial charge in [-0.3, -0.25) is 14.4 Å². The summed E-state index contributed by atoms with van der Waals surface area (Å²) < 4.78 is 0. The second-order valence-corrected chi connectivity index (χ2v) is 11.5. The fourth-order valence-corrected chi connectivity index (χ4v) is 7.07. The normalized spacial score (nSPS) is 22.8. The van der Waals surface area contributed by atoms with Crippen LogP contribution >= 0.6 is 0 Å². The number of hydrogen-bond donors (Lipinski definition) is 2. The Morgan fingerprint density at radius 2 is 1.66 bits per heavy atom. The predicted octanol–water partition coefficient (Wildman–Crippen LogP) is 3.57. The molecule has 3 N–H and O–H groups in total. The molecule has 3 aliphatic rings. The zero-order chi connectivity index (χ0) is 27.0. The number of benzene rings is 2. The summed E-state index contributed by atoms with van der Waals surface area (Å²) in [6.45, 7) is 3.15. The lowest BCUT2D eigenvalue weighted by molar-refractivity contribution is -0.150. The van der Waals surface area contributed by atoms with Crippen molar-refractivity contribution in [1.29, 1.82) is 0 Å². The molecular weight excluding hydrogens is 480 g/mol. The Morgan fingerprint density at radius 1 is 1.00 bits per heavy atom. The minimum Gasteiger partial charge on any atom is -0.481 e. The maximum absolute atomic E-state index is 13.4. The Kier molecular flexibility index (Phi) is 7.07. The Morgan fingerprint density at radius 3 is 2.26 bits per heavy atom.